The quantitative estimate of drug-likeness (QED) is 0.942. The Labute approximate surface area is 121 Å². The molecule has 0 aromatic heterocycles. The molecule has 0 amide bonds. The highest BCUT2D eigenvalue weighted by molar-refractivity contribution is 7.92. The molecule has 0 unspecified atom stereocenters. The maximum Gasteiger partial charge on any atom is 0.265 e. The zero-order valence-electron chi connectivity index (χ0n) is 10.4. The monoisotopic (exact) mass is 315 g/mol. The number of nitrogens with one attached hydrogen (secondary N) is 1. The number of methoxy groups -OCH3 is 1. The van der Waals surface area contributed by atoms with Crippen molar-refractivity contribution in [3.05, 3.63) is 53.3 Å². The lowest BCUT2D eigenvalue weighted by molar-refractivity contribution is 0.403. The Morgan fingerprint density at radius 2 is 1.90 bits per heavy atom. The highest BCUT2D eigenvalue weighted by Gasteiger charge is 2.20. The number of hydrogen-bond donors (Lipinski definition) is 1. The van der Waals surface area contributed by atoms with Gasteiger partial charge in [0, 0.05) is 5.02 Å². The predicted octanol–water partition coefficient (Wildman–Crippen LogP) is 3.29. The summed E-state index contributed by atoms with van der Waals surface area (Å²) in [4.78, 5) is -0.0724. The summed E-state index contributed by atoms with van der Waals surface area (Å²) in [5.74, 6) is -0.578. The van der Waals surface area contributed by atoms with Crippen molar-refractivity contribution in [2.75, 3.05) is 11.8 Å². The summed E-state index contributed by atoms with van der Waals surface area (Å²) >= 11 is 5.62. The predicted molar refractivity (Wildman–Crippen MR) is 75.2 cm³/mol. The Hall–Kier alpha value is -1.79. The van der Waals surface area contributed by atoms with E-state index in [2.05, 4.69) is 4.72 Å². The summed E-state index contributed by atoms with van der Waals surface area (Å²) in [6.45, 7) is 0. The number of hydrogen-bond acceptors (Lipinski definition) is 3. The Balaban J connectivity index is 2.41. The van der Waals surface area contributed by atoms with E-state index in [9.17, 15) is 12.8 Å². The van der Waals surface area contributed by atoms with Gasteiger partial charge in [0.05, 0.1) is 12.8 Å². The van der Waals surface area contributed by atoms with Crippen molar-refractivity contribution in [2.45, 2.75) is 4.90 Å². The number of para-hydroxylation sites is 1. The van der Waals surface area contributed by atoms with Crippen molar-refractivity contribution in [3.8, 4) is 5.75 Å². The summed E-state index contributed by atoms with van der Waals surface area (Å²) in [6, 6.07) is 9.74. The standard InChI is InChI=1S/C13H11ClFNO3S/c1-19-12-4-2-3-5-13(12)20(17,18)16-11-7-6-9(14)8-10(11)15/h2-8,16H,1H3. The summed E-state index contributed by atoms with van der Waals surface area (Å²) < 4.78 is 45.2. The smallest absolute Gasteiger partial charge is 0.265 e. The van der Waals surface area contributed by atoms with Crippen molar-refractivity contribution in [1.82, 2.24) is 0 Å². The zero-order valence-corrected chi connectivity index (χ0v) is 12.0. The van der Waals surface area contributed by atoms with Gasteiger partial charge in [-0.2, -0.15) is 0 Å². The first-order valence-electron chi connectivity index (χ1n) is 5.55. The number of halogens is 2. The molecule has 20 heavy (non-hydrogen) atoms. The van der Waals surface area contributed by atoms with Gasteiger partial charge >= 0.3 is 0 Å². The van der Waals surface area contributed by atoms with Crippen LogP contribution < -0.4 is 9.46 Å². The lowest BCUT2D eigenvalue weighted by Crippen LogP contribution is -2.14. The summed E-state index contributed by atoms with van der Waals surface area (Å²) in [7, 11) is -2.59. The van der Waals surface area contributed by atoms with E-state index in [1.165, 1.54) is 31.4 Å². The molecule has 0 spiro atoms. The van der Waals surface area contributed by atoms with Crippen molar-refractivity contribution in [2.24, 2.45) is 0 Å². The average Bonchev–Trinajstić information content (AvgIpc) is 2.42. The molecular weight excluding hydrogens is 305 g/mol. The van der Waals surface area contributed by atoms with Gasteiger partial charge in [0.2, 0.25) is 0 Å². The second kappa shape index (κ2) is 5.68. The molecule has 0 aliphatic heterocycles. The van der Waals surface area contributed by atoms with Gasteiger partial charge in [-0.25, -0.2) is 12.8 Å². The van der Waals surface area contributed by atoms with E-state index in [0.717, 1.165) is 6.07 Å². The van der Waals surface area contributed by atoms with Gasteiger partial charge in [0.1, 0.15) is 16.5 Å². The van der Waals surface area contributed by atoms with E-state index in [1.54, 1.807) is 12.1 Å². The van der Waals surface area contributed by atoms with Crippen LogP contribution in [0.5, 0.6) is 5.75 Å². The highest BCUT2D eigenvalue weighted by atomic mass is 35.5. The largest absolute Gasteiger partial charge is 0.495 e. The molecular formula is C13H11ClFNO3S. The molecule has 0 atom stereocenters. The molecule has 7 heteroatoms. The van der Waals surface area contributed by atoms with Gasteiger partial charge in [-0.3, -0.25) is 4.72 Å². The van der Waals surface area contributed by atoms with Crippen LogP contribution in [-0.4, -0.2) is 15.5 Å². The molecule has 4 nitrogen and oxygen atoms in total. The second-order valence-electron chi connectivity index (χ2n) is 3.88. The topological polar surface area (TPSA) is 55.4 Å². The van der Waals surface area contributed by atoms with Crippen LogP contribution in [0.4, 0.5) is 10.1 Å². The van der Waals surface area contributed by atoms with Crippen LogP contribution in [0.15, 0.2) is 47.4 Å². The van der Waals surface area contributed by atoms with Crippen molar-refractivity contribution < 1.29 is 17.5 Å². The van der Waals surface area contributed by atoms with E-state index < -0.39 is 15.8 Å². The van der Waals surface area contributed by atoms with Crippen LogP contribution in [0.25, 0.3) is 0 Å². The average molecular weight is 316 g/mol. The lowest BCUT2D eigenvalue weighted by atomic mass is 10.3. The molecule has 0 bridgehead atoms. The Morgan fingerprint density at radius 1 is 1.20 bits per heavy atom. The molecule has 2 rings (SSSR count). The fourth-order valence-corrected chi connectivity index (χ4v) is 3.01. The first-order chi connectivity index (χ1) is 9.44. The molecule has 1 N–H and O–H groups in total. The van der Waals surface area contributed by atoms with Gasteiger partial charge in [-0.1, -0.05) is 23.7 Å². The number of benzene rings is 2. The molecule has 0 saturated heterocycles. The summed E-state index contributed by atoms with van der Waals surface area (Å²) in [5, 5.41) is 0.183. The third-order valence-electron chi connectivity index (χ3n) is 2.53. The van der Waals surface area contributed by atoms with Crippen LogP contribution in [0.1, 0.15) is 0 Å². The Kier molecular flexibility index (Phi) is 4.15. The van der Waals surface area contributed by atoms with Crippen molar-refractivity contribution in [1.29, 1.82) is 0 Å². The fraction of sp³-hybridized carbons (Fsp3) is 0.0769. The molecule has 106 valence electrons. The maximum absolute atomic E-state index is 13.6. The number of sulfonamides is 1. The van der Waals surface area contributed by atoms with Gasteiger partial charge in [0.15, 0.2) is 0 Å². The van der Waals surface area contributed by atoms with Crippen LogP contribution in [0.2, 0.25) is 5.02 Å². The second-order valence-corrected chi connectivity index (χ2v) is 5.97. The molecule has 0 radical (unpaired) electrons. The van der Waals surface area contributed by atoms with Gasteiger partial charge in [-0.15, -0.1) is 0 Å². The zero-order chi connectivity index (χ0) is 14.8. The normalized spacial score (nSPS) is 11.2. The van der Waals surface area contributed by atoms with Crippen LogP contribution >= 0.6 is 11.6 Å². The van der Waals surface area contributed by atoms with Crippen molar-refractivity contribution in [3.63, 3.8) is 0 Å². The summed E-state index contributed by atoms with van der Waals surface area (Å²) in [5.41, 5.74) is -0.180. The highest BCUT2D eigenvalue weighted by Crippen LogP contribution is 2.27. The minimum Gasteiger partial charge on any atom is -0.495 e. The molecule has 0 aliphatic carbocycles. The minimum atomic E-state index is -3.95. The molecule has 2 aromatic carbocycles. The van der Waals surface area contributed by atoms with Crippen LogP contribution in [0.3, 0.4) is 0 Å². The first kappa shape index (κ1) is 14.6. The van der Waals surface area contributed by atoms with Crippen LogP contribution in [-0.2, 0) is 10.0 Å². The number of rotatable bonds is 4. The number of ether oxygens (including phenoxy) is 1. The van der Waals surface area contributed by atoms with Crippen molar-refractivity contribution >= 4 is 27.3 Å². The maximum atomic E-state index is 13.6. The molecule has 2 aromatic rings. The fourth-order valence-electron chi connectivity index (χ4n) is 1.61. The van der Waals surface area contributed by atoms with E-state index in [4.69, 9.17) is 16.3 Å². The third-order valence-corrected chi connectivity index (χ3v) is 4.17. The Bertz CT molecular complexity index is 734. The van der Waals surface area contributed by atoms with Gasteiger partial charge in [0.25, 0.3) is 10.0 Å². The van der Waals surface area contributed by atoms with Gasteiger partial charge < -0.3 is 4.74 Å². The van der Waals surface area contributed by atoms with Gasteiger partial charge in [-0.05, 0) is 30.3 Å². The lowest BCUT2D eigenvalue weighted by Gasteiger charge is -2.11. The third kappa shape index (κ3) is 3.02. The summed E-state index contributed by atoms with van der Waals surface area (Å²) in [6.07, 6.45) is 0. The minimum absolute atomic E-state index is 0.0724. The van der Waals surface area contributed by atoms with E-state index >= 15 is 0 Å². The van der Waals surface area contributed by atoms with E-state index in [1.807, 2.05) is 0 Å². The first-order valence-corrected chi connectivity index (χ1v) is 7.41. The number of anilines is 1. The van der Waals surface area contributed by atoms with Crippen LogP contribution in [0, 0.1) is 5.82 Å². The molecule has 0 aliphatic rings. The Morgan fingerprint density at radius 3 is 2.55 bits per heavy atom. The van der Waals surface area contributed by atoms with E-state index in [-0.39, 0.29) is 21.4 Å². The van der Waals surface area contributed by atoms with E-state index in [0.29, 0.717) is 0 Å². The SMILES string of the molecule is COc1ccccc1S(=O)(=O)Nc1ccc(Cl)cc1F. The molecule has 0 saturated carbocycles. The molecule has 0 fully saturated rings. The molecule has 0 heterocycles.